The van der Waals surface area contributed by atoms with Crippen LogP contribution in [-0.2, 0) is 21.2 Å². The van der Waals surface area contributed by atoms with Crippen LogP contribution < -0.4 is 5.32 Å². The average Bonchev–Trinajstić information content (AvgIpc) is 2.76. The van der Waals surface area contributed by atoms with Crippen molar-refractivity contribution in [2.24, 2.45) is 0 Å². The van der Waals surface area contributed by atoms with Gasteiger partial charge in [0.2, 0.25) is 15.9 Å². The normalized spacial score (nSPS) is 16.4. The maximum absolute atomic E-state index is 13.4. The van der Waals surface area contributed by atoms with Gasteiger partial charge in [0, 0.05) is 18.7 Å². The van der Waals surface area contributed by atoms with E-state index in [1.807, 2.05) is 56.3 Å². The Hall–Kier alpha value is -3.03. The van der Waals surface area contributed by atoms with Crippen LogP contribution in [0.25, 0.3) is 0 Å². The molecule has 1 heterocycles. The smallest absolute Gasteiger partial charge is 0.243 e. The third-order valence-electron chi connectivity index (χ3n) is 5.83. The first-order valence-corrected chi connectivity index (χ1v) is 11.9. The topological polar surface area (TPSA) is 66.5 Å². The molecule has 0 unspecified atom stereocenters. The Balaban J connectivity index is 1.67. The number of nitrogens with zero attached hydrogens (tertiary/aromatic N) is 1. The van der Waals surface area contributed by atoms with E-state index < -0.39 is 21.9 Å². The highest BCUT2D eigenvalue weighted by atomic mass is 32.2. The molecule has 0 spiro atoms. The highest BCUT2D eigenvalue weighted by Crippen LogP contribution is 2.36. The van der Waals surface area contributed by atoms with Crippen molar-refractivity contribution in [1.29, 1.82) is 0 Å². The number of amides is 1. The second kappa shape index (κ2) is 8.84. The third-order valence-corrected chi connectivity index (χ3v) is 7.75. The zero-order valence-electron chi connectivity index (χ0n) is 18.0. The fraction of sp³-hybridized carbons (Fsp3) is 0.240. The van der Waals surface area contributed by atoms with Crippen LogP contribution in [-0.4, -0.2) is 25.2 Å². The minimum atomic E-state index is -3.92. The van der Waals surface area contributed by atoms with Crippen molar-refractivity contribution in [2.75, 3.05) is 11.9 Å². The maximum atomic E-state index is 13.4. The summed E-state index contributed by atoms with van der Waals surface area (Å²) in [5.41, 5.74) is 4.52. The van der Waals surface area contributed by atoms with Gasteiger partial charge in [-0.2, -0.15) is 4.31 Å². The van der Waals surface area contributed by atoms with Crippen molar-refractivity contribution in [2.45, 2.75) is 37.6 Å². The summed E-state index contributed by atoms with van der Waals surface area (Å²) in [6.07, 6.45) is 0.524. The minimum Gasteiger partial charge on any atom is -0.326 e. The lowest BCUT2D eigenvalue weighted by molar-refractivity contribution is -0.117. The molecule has 1 atom stereocenters. The molecule has 3 aromatic rings. The number of rotatable bonds is 5. The van der Waals surface area contributed by atoms with Gasteiger partial charge in [0.25, 0.3) is 0 Å². The first-order chi connectivity index (χ1) is 15.3. The van der Waals surface area contributed by atoms with E-state index in [1.165, 1.54) is 16.4 Å². The van der Waals surface area contributed by atoms with E-state index in [4.69, 9.17) is 0 Å². The molecule has 0 aromatic heterocycles. The van der Waals surface area contributed by atoms with E-state index in [0.717, 1.165) is 34.4 Å². The van der Waals surface area contributed by atoms with Gasteiger partial charge in [-0.3, -0.25) is 4.79 Å². The van der Waals surface area contributed by atoms with Crippen LogP contribution in [0.4, 0.5) is 10.1 Å². The summed E-state index contributed by atoms with van der Waals surface area (Å²) in [5.74, 6) is -0.767. The van der Waals surface area contributed by atoms with E-state index >= 15 is 0 Å². The van der Waals surface area contributed by atoms with Gasteiger partial charge in [-0.15, -0.1) is 0 Å². The summed E-state index contributed by atoms with van der Waals surface area (Å²) < 4.78 is 41.6. The van der Waals surface area contributed by atoms with Gasteiger partial charge in [0.1, 0.15) is 5.82 Å². The van der Waals surface area contributed by atoms with Gasteiger partial charge in [-0.1, -0.05) is 36.4 Å². The molecule has 0 radical (unpaired) electrons. The second-order valence-electron chi connectivity index (χ2n) is 8.10. The summed E-state index contributed by atoms with van der Waals surface area (Å²) >= 11 is 0. The van der Waals surface area contributed by atoms with E-state index in [-0.39, 0.29) is 23.8 Å². The molecule has 4 rings (SSSR count). The number of anilines is 1. The van der Waals surface area contributed by atoms with Crippen LogP contribution in [0.15, 0.2) is 71.6 Å². The Kier molecular flexibility index (Phi) is 6.13. The number of hydrogen-bond donors (Lipinski definition) is 1. The van der Waals surface area contributed by atoms with Crippen LogP contribution in [0.5, 0.6) is 0 Å². The second-order valence-corrected chi connectivity index (χ2v) is 10.00. The summed E-state index contributed by atoms with van der Waals surface area (Å²) in [5, 5.41) is 2.94. The molecule has 5 nitrogen and oxygen atoms in total. The molecule has 1 amide bonds. The summed E-state index contributed by atoms with van der Waals surface area (Å²) in [6, 6.07) is 17.5. The minimum absolute atomic E-state index is 0.0122. The summed E-state index contributed by atoms with van der Waals surface area (Å²) in [7, 11) is -3.92. The van der Waals surface area contributed by atoms with E-state index in [2.05, 4.69) is 5.32 Å². The third kappa shape index (κ3) is 4.45. The standard InChI is InChI=1S/C25H25FN2O3S/c1-17-7-8-18(2)23(15-17)27-25(29)16-24-22-6-4-3-5-19(22)13-14-28(24)32(30,31)21-11-9-20(26)10-12-21/h3-12,15,24H,13-14,16H2,1-2H3,(H,27,29)/t24-/m0/s1. The molecule has 0 saturated carbocycles. The number of carbonyl (C=O) groups excluding carboxylic acids is 1. The van der Waals surface area contributed by atoms with Crippen LogP contribution in [0.1, 0.15) is 34.7 Å². The predicted molar refractivity (Wildman–Crippen MR) is 122 cm³/mol. The average molecular weight is 453 g/mol. The highest BCUT2D eigenvalue weighted by Gasteiger charge is 2.37. The lowest BCUT2D eigenvalue weighted by atomic mass is 9.92. The van der Waals surface area contributed by atoms with Crippen LogP contribution in [0, 0.1) is 19.7 Å². The van der Waals surface area contributed by atoms with E-state index in [1.54, 1.807) is 0 Å². The van der Waals surface area contributed by atoms with Crippen molar-refractivity contribution in [3.63, 3.8) is 0 Å². The lowest BCUT2D eigenvalue weighted by Crippen LogP contribution is -2.41. The Bertz CT molecular complexity index is 1260. The number of benzene rings is 3. The Morgan fingerprint density at radius 1 is 1.06 bits per heavy atom. The van der Waals surface area contributed by atoms with Gasteiger partial charge < -0.3 is 5.32 Å². The number of nitrogens with one attached hydrogen (secondary N) is 1. The van der Waals surface area contributed by atoms with Gasteiger partial charge in [-0.05, 0) is 72.9 Å². The monoisotopic (exact) mass is 452 g/mol. The Labute approximate surface area is 187 Å². The van der Waals surface area contributed by atoms with Crippen molar-refractivity contribution >= 4 is 21.6 Å². The number of aryl methyl sites for hydroxylation is 2. The molecular weight excluding hydrogens is 427 g/mol. The van der Waals surface area contributed by atoms with Crippen molar-refractivity contribution < 1.29 is 17.6 Å². The first kappa shape index (κ1) is 22.2. The van der Waals surface area contributed by atoms with Crippen molar-refractivity contribution in [3.05, 3.63) is 94.8 Å². The zero-order valence-corrected chi connectivity index (χ0v) is 18.8. The van der Waals surface area contributed by atoms with Crippen LogP contribution in [0.3, 0.4) is 0 Å². The molecule has 1 aliphatic rings. The fourth-order valence-corrected chi connectivity index (χ4v) is 5.72. The molecule has 7 heteroatoms. The lowest BCUT2D eigenvalue weighted by Gasteiger charge is -2.36. The SMILES string of the molecule is Cc1ccc(C)c(NC(=O)C[C@H]2c3ccccc3CCN2S(=O)(=O)c2ccc(F)cc2)c1. The quantitative estimate of drug-likeness (QED) is 0.607. The zero-order chi connectivity index (χ0) is 22.9. The molecule has 166 valence electrons. The van der Waals surface area contributed by atoms with Crippen molar-refractivity contribution in [3.8, 4) is 0 Å². The Morgan fingerprint density at radius 3 is 2.53 bits per heavy atom. The van der Waals surface area contributed by atoms with Crippen LogP contribution >= 0.6 is 0 Å². The molecule has 1 N–H and O–H groups in total. The maximum Gasteiger partial charge on any atom is 0.243 e. The number of sulfonamides is 1. The molecule has 0 bridgehead atoms. The fourth-order valence-electron chi connectivity index (χ4n) is 4.12. The highest BCUT2D eigenvalue weighted by molar-refractivity contribution is 7.89. The molecule has 1 aliphatic heterocycles. The number of fused-ring (bicyclic) bond motifs is 1. The molecular formula is C25H25FN2O3S. The van der Waals surface area contributed by atoms with Gasteiger partial charge in [0.15, 0.2) is 0 Å². The summed E-state index contributed by atoms with van der Waals surface area (Å²) in [4.78, 5) is 13.0. The number of carbonyl (C=O) groups is 1. The van der Waals surface area contributed by atoms with Crippen LogP contribution in [0.2, 0.25) is 0 Å². The largest absolute Gasteiger partial charge is 0.326 e. The molecule has 32 heavy (non-hydrogen) atoms. The van der Waals surface area contributed by atoms with E-state index in [0.29, 0.717) is 12.1 Å². The number of halogens is 1. The molecule has 0 saturated heterocycles. The van der Waals surface area contributed by atoms with Crippen molar-refractivity contribution in [1.82, 2.24) is 4.31 Å². The Morgan fingerprint density at radius 2 is 1.78 bits per heavy atom. The van der Waals surface area contributed by atoms with Gasteiger partial charge in [-0.25, -0.2) is 12.8 Å². The summed E-state index contributed by atoms with van der Waals surface area (Å²) in [6.45, 7) is 4.11. The first-order valence-electron chi connectivity index (χ1n) is 10.5. The number of hydrogen-bond acceptors (Lipinski definition) is 3. The predicted octanol–water partition coefficient (Wildman–Crippen LogP) is 4.76. The van der Waals surface area contributed by atoms with Gasteiger partial charge >= 0.3 is 0 Å². The van der Waals surface area contributed by atoms with E-state index in [9.17, 15) is 17.6 Å². The molecule has 0 fully saturated rings. The molecule has 3 aromatic carbocycles. The molecule has 0 aliphatic carbocycles. The van der Waals surface area contributed by atoms with Gasteiger partial charge in [0.05, 0.1) is 10.9 Å².